The number of nitrogens with zero attached hydrogens (tertiary/aromatic N) is 1. The maximum Gasteiger partial charge on any atom is 0.138 e. The maximum absolute atomic E-state index is 11.8. The van der Waals surface area contributed by atoms with E-state index >= 15 is 0 Å². The second-order valence-corrected chi connectivity index (χ2v) is 5.31. The topological polar surface area (TPSA) is 20.3 Å². The number of carbonyl (C=O) groups is 1. The molecule has 2 aliphatic heterocycles. The second kappa shape index (κ2) is 3.85. The molecule has 2 heteroatoms. The fourth-order valence-corrected chi connectivity index (χ4v) is 3.55. The Morgan fingerprint density at radius 2 is 2.06 bits per heavy atom. The van der Waals surface area contributed by atoms with Crippen LogP contribution in [-0.4, -0.2) is 29.3 Å². The number of carbonyl (C=O) groups excluding carboxylic acids is 1. The van der Waals surface area contributed by atoms with Crippen LogP contribution >= 0.6 is 0 Å². The van der Waals surface area contributed by atoms with E-state index < -0.39 is 0 Å². The highest BCUT2D eigenvalue weighted by Crippen LogP contribution is 2.37. The molecule has 2 heterocycles. The molecule has 0 aromatic rings. The van der Waals surface area contributed by atoms with Crippen LogP contribution in [0.25, 0.3) is 0 Å². The molecule has 0 radical (unpaired) electrons. The van der Waals surface area contributed by atoms with Crippen LogP contribution in [0.5, 0.6) is 0 Å². The van der Waals surface area contributed by atoms with Gasteiger partial charge >= 0.3 is 0 Å². The highest BCUT2D eigenvalue weighted by atomic mass is 16.1. The Morgan fingerprint density at radius 3 is 2.94 bits per heavy atom. The first-order valence-electron chi connectivity index (χ1n) is 6.41. The second-order valence-electron chi connectivity index (χ2n) is 5.31. The van der Waals surface area contributed by atoms with Crippen molar-refractivity contribution in [3.63, 3.8) is 0 Å². The molecule has 0 bridgehead atoms. The van der Waals surface area contributed by atoms with Crippen LogP contribution in [0.2, 0.25) is 0 Å². The van der Waals surface area contributed by atoms with Crippen molar-refractivity contribution in [3.05, 3.63) is 24.3 Å². The van der Waals surface area contributed by atoms with Crippen molar-refractivity contribution in [1.29, 1.82) is 0 Å². The summed E-state index contributed by atoms with van der Waals surface area (Å²) in [7, 11) is 0. The molecular formula is C14H19NO. The third-order valence-corrected chi connectivity index (χ3v) is 4.52. The lowest BCUT2D eigenvalue weighted by molar-refractivity contribution is -0.130. The van der Waals surface area contributed by atoms with Crippen molar-refractivity contribution in [1.82, 2.24) is 4.90 Å². The molecule has 0 aromatic heterocycles. The molecule has 4 unspecified atom stereocenters. The molecule has 0 spiro atoms. The van der Waals surface area contributed by atoms with Gasteiger partial charge in [-0.1, -0.05) is 31.2 Å². The number of Topliss-reactive ketones (excluding diaryl/α,β-unsaturated/α-hetero) is 1. The van der Waals surface area contributed by atoms with E-state index in [1.54, 1.807) is 0 Å². The van der Waals surface area contributed by atoms with E-state index in [1.165, 1.54) is 12.8 Å². The minimum Gasteiger partial charge on any atom is -0.299 e. The van der Waals surface area contributed by atoms with Crippen molar-refractivity contribution in [2.75, 3.05) is 6.54 Å². The van der Waals surface area contributed by atoms with Gasteiger partial charge in [0.2, 0.25) is 0 Å². The summed E-state index contributed by atoms with van der Waals surface area (Å²) in [4.78, 5) is 14.3. The summed E-state index contributed by atoms with van der Waals surface area (Å²) in [5.41, 5.74) is 0. The van der Waals surface area contributed by atoms with Gasteiger partial charge in [0.25, 0.3) is 0 Å². The lowest BCUT2D eigenvalue weighted by Gasteiger charge is -2.49. The number of ketones is 1. The molecule has 1 aliphatic carbocycles. The van der Waals surface area contributed by atoms with Crippen LogP contribution in [-0.2, 0) is 4.79 Å². The zero-order valence-corrected chi connectivity index (χ0v) is 9.80. The predicted octanol–water partition coefficient (Wildman–Crippen LogP) is 2.17. The number of hydrogen-bond donors (Lipinski definition) is 0. The Morgan fingerprint density at radius 1 is 1.25 bits per heavy atom. The molecule has 0 N–H and O–H groups in total. The van der Waals surface area contributed by atoms with Gasteiger partial charge in [0.1, 0.15) is 5.78 Å². The Kier molecular flexibility index (Phi) is 2.47. The van der Waals surface area contributed by atoms with E-state index in [0.29, 0.717) is 23.8 Å². The Hall–Kier alpha value is -0.890. The van der Waals surface area contributed by atoms with Gasteiger partial charge in [-0.25, -0.2) is 0 Å². The minimum absolute atomic E-state index is 0.244. The smallest absolute Gasteiger partial charge is 0.138 e. The van der Waals surface area contributed by atoms with Crippen LogP contribution in [0.15, 0.2) is 24.3 Å². The van der Waals surface area contributed by atoms with E-state index in [4.69, 9.17) is 0 Å². The van der Waals surface area contributed by atoms with Gasteiger partial charge in [-0.2, -0.15) is 0 Å². The first kappa shape index (κ1) is 10.3. The molecular weight excluding hydrogens is 198 g/mol. The summed E-state index contributed by atoms with van der Waals surface area (Å²) < 4.78 is 0. The number of allylic oxidation sites excluding steroid dienone is 2. The van der Waals surface area contributed by atoms with E-state index in [1.807, 2.05) is 0 Å². The number of hydrogen-bond acceptors (Lipinski definition) is 2. The highest BCUT2D eigenvalue weighted by molar-refractivity contribution is 5.82. The fraction of sp³-hybridized carbons (Fsp3) is 0.643. The average molecular weight is 217 g/mol. The summed E-state index contributed by atoms with van der Waals surface area (Å²) in [6, 6.07) is 1.05. The summed E-state index contributed by atoms with van der Waals surface area (Å²) >= 11 is 0. The Balaban J connectivity index is 1.85. The van der Waals surface area contributed by atoms with Gasteiger partial charge in [-0.3, -0.25) is 9.69 Å². The zero-order valence-electron chi connectivity index (χ0n) is 9.80. The maximum atomic E-state index is 11.8. The number of piperidine rings is 2. The monoisotopic (exact) mass is 217 g/mol. The largest absolute Gasteiger partial charge is 0.299 e. The zero-order chi connectivity index (χ0) is 11.1. The van der Waals surface area contributed by atoms with Gasteiger partial charge in [0, 0.05) is 31.0 Å². The lowest BCUT2D eigenvalue weighted by atomic mass is 9.76. The van der Waals surface area contributed by atoms with Crippen LogP contribution in [0.3, 0.4) is 0 Å². The Labute approximate surface area is 97.0 Å². The van der Waals surface area contributed by atoms with Crippen molar-refractivity contribution >= 4 is 5.78 Å². The van der Waals surface area contributed by atoms with E-state index in [2.05, 4.69) is 36.1 Å². The molecule has 0 saturated carbocycles. The SMILES string of the molecule is CC1C(=O)CCN2C3C=CC=CC3CCC12. The van der Waals surface area contributed by atoms with Gasteiger partial charge in [-0.05, 0) is 18.8 Å². The van der Waals surface area contributed by atoms with Crippen molar-refractivity contribution in [2.45, 2.75) is 38.3 Å². The van der Waals surface area contributed by atoms with Gasteiger partial charge in [0.05, 0.1) is 0 Å². The van der Waals surface area contributed by atoms with Gasteiger partial charge < -0.3 is 0 Å². The third-order valence-electron chi connectivity index (χ3n) is 4.52. The van der Waals surface area contributed by atoms with E-state index in [-0.39, 0.29) is 5.92 Å². The summed E-state index contributed by atoms with van der Waals surface area (Å²) in [5.74, 6) is 1.39. The van der Waals surface area contributed by atoms with Crippen molar-refractivity contribution in [3.8, 4) is 0 Å². The summed E-state index contributed by atoms with van der Waals surface area (Å²) in [5, 5.41) is 0. The molecule has 3 aliphatic rings. The lowest BCUT2D eigenvalue weighted by Crippen LogP contribution is -2.57. The molecule has 3 rings (SSSR count). The molecule has 0 aromatic carbocycles. The number of rotatable bonds is 0. The minimum atomic E-state index is 0.244. The first-order valence-corrected chi connectivity index (χ1v) is 6.41. The van der Waals surface area contributed by atoms with Crippen LogP contribution < -0.4 is 0 Å². The van der Waals surface area contributed by atoms with E-state index in [9.17, 15) is 4.79 Å². The Bertz CT molecular complexity index is 358. The molecule has 2 fully saturated rings. The van der Waals surface area contributed by atoms with Gasteiger partial charge in [0.15, 0.2) is 0 Å². The van der Waals surface area contributed by atoms with Gasteiger partial charge in [-0.15, -0.1) is 0 Å². The molecule has 4 atom stereocenters. The van der Waals surface area contributed by atoms with Crippen molar-refractivity contribution in [2.24, 2.45) is 11.8 Å². The van der Waals surface area contributed by atoms with Crippen LogP contribution in [0.4, 0.5) is 0 Å². The average Bonchev–Trinajstić information content (AvgIpc) is 2.33. The fourth-order valence-electron chi connectivity index (χ4n) is 3.55. The standard InChI is InChI=1S/C14H19NO/c1-10-12-7-6-11-4-2-3-5-13(11)15(12)9-8-14(10)16/h2-5,10-13H,6-9H2,1H3. The quantitative estimate of drug-likeness (QED) is 0.620. The molecule has 2 nitrogen and oxygen atoms in total. The molecule has 2 saturated heterocycles. The first-order chi connectivity index (χ1) is 7.77. The summed E-state index contributed by atoms with van der Waals surface area (Å²) in [6.45, 7) is 3.08. The number of fused-ring (bicyclic) bond motifs is 3. The highest BCUT2D eigenvalue weighted by Gasteiger charge is 2.42. The van der Waals surface area contributed by atoms with Crippen molar-refractivity contribution < 1.29 is 4.79 Å². The van der Waals surface area contributed by atoms with E-state index in [0.717, 1.165) is 13.0 Å². The molecule has 0 amide bonds. The van der Waals surface area contributed by atoms with Crippen LogP contribution in [0.1, 0.15) is 26.2 Å². The van der Waals surface area contributed by atoms with Crippen LogP contribution in [0, 0.1) is 11.8 Å². The predicted molar refractivity (Wildman–Crippen MR) is 64.1 cm³/mol. The summed E-state index contributed by atoms with van der Waals surface area (Å²) in [6.07, 6.45) is 12.2. The molecule has 86 valence electrons. The molecule has 16 heavy (non-hydrogen) atoms. The normalized spacial score (nSPS) is 42.9. The third kappa shape index (κ3) is 1.47.